The first kappa shape index (κ1) is 21.8. The summed E-state index contributed by atoms with van der Waals surface area (Å²) in [5, 5.41) is 20.4. The van der Waals surface area contributed by atoms with Crippen LogP contribution in [0.4, 0.5) is 0 Å². The molecule has 6 heteroatoms. The Morgan fingerprint density at radius 1 is 1.00 bits per heavy atom. The SMILES string of the molecule is O=C(O)CCCCCC[C@@H]1[C@@H](CCc2cc(Cl)cc(Cl)c2)[C@H](O)C[C@@H]1Cl. The molecule has 26 heavy (non-hydrogen) atoms. The van der Waals surface area contributed by atoms with Crippen LogP contribution in [0.25, 0.3) is 0 Å². The van der Waals surface area contributed by atoms with E-state index >= 15 is 0 Å². The van der Waals surface area contributed by atoms with E-state index in [1.54, 1.807) is 6.07 Å². The van der Waals surface area contributed by atoms with E-state index < -0.39 is 5.97 Å². The number of aliphatic carboxylic acids is 1. The van der Waals surface area contributed by atoms with Gasteiger partial charge in [-0.15, -0.1) is 11.6 Å². The highest BCUT2D eigenvalue weighted by molar-refractivity contribution is 6.34. The number of unbranched alkanes of at least 4 members (excludes halogenated alkanes) is 3. The van der Waals surface area contributed by atoms with Gasteiger partial charge in [-0.05, 0) is 67.7 Å². The molecular weight excluding hydrogens is 395 g/mol. The van der Waals surface area contributed by atoms with Gasteiger partial charge in [0.05, 0.1) is 6.10 Å². The predicted octanol–water partition coefficient (Wildman–Crippen LogP) is 5.96. The number of carbonyl (C=O) groups is 1. The van der Waals surface area contributed by atoms with Crippen LogP contribution in [-0.2, 0) is 11.2 Å². The van der Waals surface area contributed by atoms with Crippen molar-refractivity contribution in [2.75, 3.05) is 0 Å². The maximum atomic E-state index is 10.5. The topological polar surface area (TPSA) is 57.5 Å². The van der Waals surface area contributed by atoms with Crippen molar-refractivity contribution >= 4 is 40.8 Å². The highest BCUT2D eigenvalue weighted by Crippen LogP contribution is 2.41. The summed E-state index contributed by atoms with van der Waals surface area (Å²) >= 11 is 18.6. The lowest BCUT2D eigenvalue weighted by atomic mass is 9.85. The molecule has 0 saturated heterocycles. The molecule has 0 radical (unpaired) electrons. The van der Waals surface area contributed by atoms with Gasteiger partial charge >= 0.3 is 5.97 Å². The third-order valence-electron chi connectivity index (χ3n) is 5.34. The summed E-state index contributed by atoms with van der Waals surface area (Å²) in [6.45, 7) is 0. The van der Waals surface area contributed by atoms with E-state index in [0.29, 0.717) is 22.4 Å². The third-order valence-corrected chi connectivity index (χ3v) is 6.28. The molecule has 0 spiro atoms. The van der Waals surface area contributed by atoms with Crippen molar-refractivity contribution in [3.8, 4) is 0 Å². The molecule has 1 saturated carbocycles. The smallest absolute Gasteiger partial charge is 0.303 e. The highest BCUT2D eigenvalue weighted by Gasteiger charge is 2.40. The number of hydrogen-bond donors (Lipinski definition) is 2. The zero-order valence-corrected chi connectivity index (χ0v) is 17.1. The van der Waals surface area contributed by atoms with Crippen LogP contribution in [0.3, 0.4) is 0 Å². The van der Waals surface area contributed by atoms with Crippen molar-refractivity contribution in [3.63, 3.8) is 0 Å². The second-order valence-corrected chi connectivity index (χ2v) is 8.74. The van der Waals surface area contributed by atoms with E-state index in [-0.39, 0.29) is 23.8 Å². The molecule has 1 aliphatic carbocycles. The standard InChI is InChI=1S/C20H27Cl3O3/c21-14-9-13(10-15(22)11-14)7-8-17-16(18(23)12-19(17)24)5-3-1-2-4-6-20(25)26/h9-11,16-19,24H,1-8,12H2,(H,25,26)/t16-,17-,18+,19-/m1/s1. The van der Waals surface area contributed by atoms with Crippen LogP contribution in [-0.4, -0.2) is 27.7 Å². The minimum atomic E-state index is -0.731. The maximum absolute atomic E-state index is 10.5. The molecule has 0 aliphatic heterocycles. The average molecular weight is 422 g/mol. The molecule has 146 valence electrons. The normalized spacial score (nSPS) is 25.5. The summed E-state index contributed by atoms with van der Waals surface area (Å²) < 4.78 is 0. The summed E-state index contributed by atoms with van der Waals surface area (Å²) in [6.07, 6.45) is 6.90. The van der Waals surface area contributed by atoms with Crippen molar-refractivity contribution in [2.24, 2.45) is 11.8 Å². The van der Waals surface area contributed by atoms with E-state index in [2.05, 4.69) is 0 Å². The Morgan fingerprint density at radius 2 is 1.65 bits per heavy atom. The fraction of sp³-hybridized carbons (Fsp3) is 0.650. The second kappa shape index (κ2) is 10.8. The van der Waals surface area contributed by atoms with Gasteiger partial charge in [0.1, 0.15) is 0 Å². The molecule has 1 fully saturated rings. The first-order valence-electron chi connectivity index (χ1n) is 9.35. The van der Waals surface area contributed by atoms with Gasteiger partial charge < -0.3 is 10.2 Å². The summed E-state index contributed by atoms with van der Waals surface area (Å²) in [5.41, 5.74) is 1.08. The number of rotatable bonds is 10. The monoisotopic (exact) mass is 420 g/mol. The van der Waals surface area contributed by atoms with Crippen molar-refractivity contribution in [3.05, 3.63) is 33.8 Å². The molecule has 0 aromatic heterocycles. The summed E-state index contributed by atoms with van der Waals surface area (Å²) in [6, 6.07) is 5.56. The number of halogens is 3. The Balaban J connectivity index is 1.81. The fourth-order valence-corrected chi connectivity index (χ4v) is 5.10. The van der Waals surface area contributed by atoms with Crippen molar-refractivity contribution in [2.45, 2.75) is 69.3 Å². The van der Waals surface area contributed by atoms with Crippen LogP contribution in [0.15, 0.2) is 18.2 Å². The van der Waals surface area contributed by atoms with Crippen LogP contribution >= 0.6 is 34.8 Å². The third kappa shape index (κ3) is 6.92. The first-order valence-corrected chi connectivity index (χ1v) is 10.5. The Labute approximate surface area is 170 Å². The van der Waals surface area contributed by atoms with E-state index in [1.165, 1.54) is 0 Å². The van der Waals surface area contributed by atoms with E-state index in [9.17, 15) is 9.90 Å². The highest BCUT2D eigenvalue weighted by atomic mass is 35.5. The maximum Gasteiger partial charge on any atom is 0.303 e. The van der Waals surface area contributed by atoms with E-state index in [1.807, 2.05) is 12.1 Å². The lowest BCUT2D eigenvalue weighted by Gasteiger charge is -2.23. The Morgan fingerprint density at radius 3 is 2.31 bits per heavy atom. The van der Waals surface area contributed by atoms with Gasteiger partial charge in [0.25, 0.3) is 0 Å². The number of aliphatic hydroxyl groups is 1. The zero-order chi connectivity index (χ0) is 19.1. The van der Waals surface area contributed by atoms with Gasteiger partial charge in [0.2, 0.25) is 0 Å². The van der Waals surface area contributed by atoms with Gasteiger partial charge in [-0.2, -0.15) is 0 Å². The minimum Gasteiger partial charge on any atom is -0.481 e. The van der Waals surface area contributed by atoms with E-state index in [4.69, 9.17) is 39.9 Å². The second-order valence-electron chi connectivity index (χ2n) is 7.31. The summed E-state index contributed by atoms with van der Waals surface area (Å²) in [4.78, 5) is 10.5. The van der Waals surface area contributed by atoms with Gasteiger partial charge in [-0.25, -0.2) is 0 Å². The van der Waals surface area contributed by atoms with Crippen LogP contribution in [0, 0.1) is 11.8 Å². The lowest BCUT2D eigenvalue weighted by Crippen LogP contribution is -2.21. The molecule has 0 bridgehead atoms. The number of alkyl halides is 1. The molecule has 3 nitrogen and oxygen atoms in total. The Hall–Kier alpha value is -0.480. The number of carboxylic acid groups (broad SMARTS) is 1. The first-order chi connectivity index (χ1) is 12.4. The molecule has 1 aliphatic rings. The molecule has 4 atom stereocenters. The van der Waals surface area contributed by atoms with Crippen LogP contribution < -0.4 is 0 Å². The average Bonchev–Trinajstić information content (AvgIpc) is 2.81. The van der Waals surface area contributed by atoms with E-state index in [0.717, 1.165) is 50.5 Å². The number of carboxylic acids is 1. The van der Waals surface area contributed by atoms with Gasteiger partial charge in [0.15, 0.2) is 0 Å². The molecule has 1 aromatic carbocycles. The van der Waals surface area contributed by atoms with Gasteiger partial charge in [0, 0.05) is 21.8 Å². The number of aliphatic hydroxyl groups excluding tert-OH is 1. The van der Waals surface area contributed by atoms with Crippen LogP contribution in [0.2, 0.25) is 10.0 Å². The quantitative estimate of drug-likeness (QED) is 0.362. The number of benzene rings is 1. The molecule has 1 aromatic rings. The van der Waals surface area contributed by atoms with Gasteiger partial charge in [-0.1, -0.05) is 42.5 Å². The van der Waals surface area contributed by atoms with Gasteiger partial charge in [-0.3, -0.25) is 4.79 Å². The molecule has 2 N–H and O–H groups in total. The molecule has 0 heterocycles. The molecular formula is C20H27Cl3O3. The van der Waals surface area contributed by atoms with Crippen LogP contribution in [0.5, 0.6) is 0 Å². The molecule has 0 amide bonds. The largest absolute Gasteiger partial charge is 0.481 e. The molecule has 2 rings (SSSR count). The lowest BCUT2D eigenvalue weighted by molar-refractivity contribution is -0.137. The summed E-state index contributed by atoms with van der Waals surface area (Å²) in [7, 11) is 0. The molecule has 0 unspecified atom stereocenters. The van der Waals surface area contributed by atoms with Crippen molar-refractivity contribution in [1.29, 1.82) is 0 Å². The van der Waals surface area contributed by atoms with Crippen molar-refractivity contribution < 1.29 is 15.0 Å². The number of aryl methyl sites for hydroxylation is 1. The predicted molar refractivity (Wildman–Crippen MR) is 107 cm³/mol. The Kier molecular flexibility index (Phi) is 9.02. The zero-order valence-electron chi connectivity index (χ0n) is 14.8. The van der Waals surface area contributed by atoms with Crippen LogP contribution in [0.1, 0.15) is 56.9 Å². The fourth-order valence-electron chi connectivity index (χ4n) is 4.03. The minimum absolute atomic E-state index is 0.0111. The van der Waals surface area contributed by atoms with Crippen molar-refractivity contribution in [1.82, 2.24) is 0 Å². The Bertz CT molecular complexity index is 573. The number of hydrogen-bond acceptors (Lipinski definition) is 2. The summed E-state index contributed by atoms with van der Waals surface area (Å²) in [5.74, 6) is -0.235.